The molecule has 0 amide bonds. The van der Waals surface area contributed by atoms with Gasteiger partial charge in [0.2, 0.25) is 0 Å². The number of rotatable bonds is 3. The molecule has 1 N–H and O–H groups in total. The normalized spacial score (nSPS) is 21.9. The van der Waals surface area contributed by atoms with E-state index in [0.717, 1.165) is 43.9 Å². The second-order valence-electron chi connectivity index (χ2n) is 5.02. The van der Waals surface area contributed by atoms with Crippen LogP contribution in [0, 0.1) is 0 Å². The monoisotopic (exact) mass is 249 g/mol. The topological polar surface area (TPSA) is 39.6 Å². The number of hydrogen-bond donors (Lipinski definition) is 1. The van der Waals surface area contributed by atoms with Crippen LogP contribution in [0.25, 0.3) is 0 Å². The Hall–Kier alpha value is -1.13. The van der Waals surface area contributed by atoms with Gasteiger partial charge < -0.3 is 14.9 Å². The summed E-state index contributed by atoms with van der Waals surface area (Å²) < 4.78 is 0. The first-order valence-electron chi connectivity index (χ1n) is 6.76. The second-order valence-corrected chi connectivity index (χ2v) is 5.02. The Bertz CT molecular complexity index is 383. The number of pyridine rings is 1. The Morgan fingerprint density at radius 1 is 1.44 bits per heavy atom. The number of aliphatic hydroxyl groups is 1. The van der Waals surface area contributed by atoms with E-state index in [-0.39, 0.29) is 6.61 Å². The number of aliphatic hydroxyl groups excluding tert-OH is 1. The summed E-state index contributed by atoms with van der Waals surface area (Å²) in [7, 11) is 2.18. The minimum absolute atomic E-state index is 0.0615. The Labute approximate surface area is 109 Å². The lowest BCUT2D eigenvalue weighted by Crippen LogP contribution is -2.40. The van der Waals surface area contributed by atoms with Gasteiger partial charge in [-0.3, -0.25) is 0 Å². The van der Waals surface area contributed by atoms with E-state index in [4.69, 9.17) is 0 Å². The lowest BCUT2D eigenvalue weighted by atomic mass is 10.1. The van der Waals surface area contributed by atoms with E-state index < -0.39 is 0 Å². The maximum atomic E-state index is 9.45. The van der Waals surface area contributed by atoms with Gasteiger partial charge in [0.25, 0.3) is 0 Å². The SMILES string of the molecule is CCC1CN(C)CCCN1c1ncccc1CO. The fourth-order valence-electron chi connectivity index (χ4n) is 2.68. The van der Waals surface area contributed by atoms with E-state index >= 15 is 0 Å². The molecule has 0 saturated carbocycles. The maximum absolute atomic E-state index is 9.45. The molecule has 0 aliphatic carbocycles. The predicted octanol–water partition coefficient (Wildman–Crippen LogP) is 1.49. The molecular weight excluding hydrogens is 226 g/mol. The minimum Gasteiger partial charge on any atom is -0.392 e. The molecule has 1 aromatic heterocycles. The maximum Gasteiger partial charge on any atom is 0.134 e. The fourth-order valence-corrected chi connectivity index (χ4v) is 2.68. The van der Waals surface area contributed by atoms with Gasteiger partial charge in [-0.05, 0) is 32.5 Å². The molecule has 1 fully saturated rings. The van der Waals surface area contributed by atoms with Gasteiger partial charge in [-0.2, -0.15) is 0 Å². The molecule has 4 heteroatoms. The summed E-state index contributed by atoms with van der Waals surface area (Å²) in [4.78, 5) is 9.24. The Morgan fingerprint density at radius 3 is 3.00 bits per heavy atom. The number of nitrogens with zero attached hydrogens (tertiary/aromatic N) is 3. The standard InChI is InChI=1S/C14H23N3O/c1-3-13-10-16(2)8-5-9-17(13)14-12(11-18)6-4-7-15-14/h4,6-7,13,18H,3,5,8-11H2,1-2H3. The first-order chi connectivity index (χ1) is 8.76. The van der Waals surface area contributed by atoms with Crippen LogP contribution in [-0.2, 0) is 6.61 Å². The molecule has 1 unspecified atom stereocenters. The molecular formula is C14H23N3O. The van der Waals surface area contributed by atoms with Gasteiger partial charge in [0.15, 0.2) is 0 Å². The highest BCUT2D eigenvalue weighted by Crippen LogP contribution is 2.23. The van der Waals surface area contributed by atoms with Crippen LogP contribution >= 0.6 is 0 Å². The highest BCUT2D eigenvalue weighted by atomic mass is 16.3. The van der Waals surface area contributed by atoms with Crippen molar-refractivity contribution in [2.75, 3.05) is 31.6 Å². The molecule has 2 rings (SSSR count). The summed E-state index contributed by atoms with van der Waals surface area (Å²) in [6.07, 6.45) is 4.07. The molecule has 1 aliphatic heterocycles. The number of hydrogen-bond acceptors (Lipinski definition) is 4. The number of aromatic nitrogens is 1. The summed E-state index contributed by atoms with van der Waals surface area (Å²) in [6, 6.07) is 4.33. The Kier molecular flexibility index (Phi) is 4.55. The van der Waals surface area contributed by atoms with Crippen LogP contribution in [0.15, 0.2) is 18.3 Å². The molecule has 18 heavy (non-hydrogen) atoms. The summed E-state index contributed by atoms with van der Waals surface area (Å²) in [5, 5.41) is 9.45. The molecule has 4 nitrogen and oxygen atoms in total. The third-order valence-corrected chi connectivity index (χ3v) is 3.68. The van der Waals surface area contributed by atoms with Crippen molar-refractivity contribution in [3.8, 4) is 0 Å². The summed E-state index contributed by atoms with van der Waals surface area (Å²) in [5.74, 6) is 0.960. The first-order valence-corrected chi connectivity index (χ1v) is 6.76. The highest BCUT2D eigenvalue weighted by molar-refractivity contribution is 5.47. The zero-order valence-corrected chi connectivity index (χ0v) is 11.3. The molecule has 1 aliphatic rings. The van der Waals surface area contributed by atoms with Gasteiger partial charge in [0.1, 0.15) is 5.82 Å². The van der Waals surface area contributed by atoms with Crippen molar-refractivity contribution in [1.82, 2.24) is 9.88 Å². The van der Waals surface area contributed by atoms with Crippen LogP contribution in [0.4, 0.5) is 5.82 Å². The smallest absolute Gasteiger partial charge is 0.134 e. The van der Waals surface area contributed by atoms with Crippen LogP contribution < -0.4 is 4.90 Å². The lowest BCUT2D eigenvalue weighted by molar-refractivity contribution is 0.281. The van der Waals surface area contributed by atoms with Crippen LogP contribution in [0.5, 0.6) is 0 Å². The van der Waals surface area contributed by atoms with Gasteiger partial charge in [0.05, 0.1) is 6.61 Å². The molecule has 0 bridgehead atoms. The summed E-state index contributed by atoms with van der Waals surface area (Å²) >= 11 is 0. The van der Waals surface area contributed by atoms with Crippen molar-refractivity contribution in [1.29, 1.82) is 0 Å². The van der Waals surface area contributed by atoms with Crippen molar-refractivity contribution in [2.24, 2.45) is 0 Å². The number of anilines is 1. The molecule has 1 saturated heterocycles. The molecule has 0 aromatic carbocycles. The van der Waals surface area contributed by atoms with E-state index in [2.05, 4.69) is 28.8 Å². The lowest BCUT2D eigenvalue weighted by Gasteiger charge is -2.32. The second kappa shape index (κ2) is 6.16. The van der Waals surface area contributed by atoms with E-state index in [1.807, 2.05) is 18.3 Å². The van der Waals surface area contributed by atoms with Gasteiger partial charge in [-0.1, -0.05) is 13.0 Å². The third kappa shape index (κ3) is 2.82. The zero-order chi connectivity index (χ0) is 13.0. The van der Waals surface area contributed by atoms with E-state index in [1.165, 1.54) is 0 Å². The summed E-state index contributed by atoms with van der Waals surface area (Å²) in [6.45, 7) is 5.50. The van der Waals surface area contributed by atoms with E-state index in [0.29, 0.717) is 6.04 Å². The quantitative estimate of drug-likeness (QED) is 0.881. The van der Waals surface area contributed by atoms with Crippen LogP contribution in [0.1, 0.15) is 25.3 Å². The highest BCUT2D eigenvalue weighted by Gasteiger charge is 2.24. The van der Waals surface area contributed by atoms with Gasteiger partial charge >= 0.3 is 0 Å². The Morgan fingerprint density at radius 2 is 2.28 bits per heavy atom. The Balaban J connectivity index is 2.28. The largest absolute Gasteiger partial charge is 0.392 e. The average molecular weight is 249 g/mol. The van der Waals surface area contributed by atoms with Crippen molar-refractivity contribution >= 4 is 5.82 Å². The average Bonchev–Trinajstić information content (AvgIpc) is 2.60. The van der Waals surface area contributed by atoms with Gasteiger partial charge in [-0.25, -0.2) is 4.98 Å². The van der Waals surface area contributed by atoms with Crippen molar-refractivity contribution in [3.05, 3.63) is 23.9 Å². The fraction of sp³-hybridized carbons (Fsp3) is 0.643. The number of likely N-dealkylation sites (N-methyl/N-ethyl adjacent to an activating group) is 1. The van der Waals surface area contributed by atoms with E-state index in [9.17, 15) is 5.11 Å². The van der Waals surface area contributed by atoms with Crippen molar-refractivity contribution in [2.45, 2.75) is 32.4 Å². The molecule has 2 heterocycles. The molecule has 1 aromatic rings. The summed E-state index contributed by atoms with van der Waals surface area (Å²) in [5.41, 5.74) is 0.931. The predicted molar refractivity (Wildman–Crippen MR) is 73.7 cm³/mol. The van der Waals surface area contributed by atoms with Crippen molar-refractivity contribution in [3.63, 3.8) is 0 Å². The van der Waals surface area contributed by atoms with Crippen LogP contribution in [0.3, 0.4) is 0 Å². The van der Waals surface area contributed by atoms with Gasteiger partial charge in [0, 0.05) is 30.9 Å². The van der Waals surface area contributed by atoms with Crippen LogP contribution in [0.2, 0.25) is 0 Å². The first kappa shape index (κ1) is 13.3. The molecule has 100 valence electrons. The van der Waals surface area contributed by atoms with Crippen LogP contribution in [-0.4, -0.2) is 47.7 Å². The molecule has 1 atom stereocenters. The van der Waals surface area contributed by atoms with Crippen molar-refractivity contribution < 1.29 is 5.11 Å². The third-order valence-electron chi connectivity index (χ3n) is 3.68. The zero-order valence-electron chi connectivity index (χ0n) is 11.3. The molecule has 0 radical (unpaired) electrons. The van der Waals surface area contributed by atoms with Gasteiger partial charge in [-0.15, -0.1) is 0 Å². The van der Waals surface area contributed by atoms with E-state index in [1.54, 1.807) is 0 Å². The minimum atomic E-state index is 0.0615. The molecule has 0 spiro atoms.